The van der Waals surface area contributed by atoms with E-state index in [0.29, 0.717) is 31.2 Å². The number of ether oxygens (including phenoxy) is 1. The first-order valence-corrected chi connectivity index (χ1v) is 8.32. The minimum Gasteiger partial charge on any atom is -0.380 e. The van der Waals surface area contributed by atoms with E-state index in [-0.39, 0.29) is 0 Å². The van der Waals surface area contributed by atoms with Crippen LogP contribution in [0.4, 0.5) is 0 Å². The number of rotatable bonds is 9. The maximum Gasteiger partial charge on any atom is 0.241 e. The average molecular weight is 292 g/mol. The van der Waals surface area contributed by atoms with Gasteiger partial charge in [-0.15, -0.1) is 11.3 Å². The van der Waals surface area contributed by atoms with Crippen LogP contribution in [0, 0.1) is 0 Å². The van der Waals surface area contributed by atoms with Crippen LogP contribution in [-0.4, -0.2) is 34.7 Å². The largest absolute Gasteiger partial charge is 0.380 e. The zero-order chi connectivity index (χ0) is 13.4. The summed E-state index contributed by atoms with van der Waals surface area (Å²) in [6, 6.07) is 1.70. The third-order valence-corrected chi connectivity index (χ3v) is 4.76. The predicted octanol–water partition coefficient (Wildman–Crippen LogP) is 1.17. The molecule has 1 aromatic rings. The van der Waals surface area contributed by atoms with Gasteiger partial charge in [-0.2, -0.15) is 0 Å². The highest BCUT2D eigenvalue weighted by atomic mass is 32.2. The minimum atomic E-state index is -3.39. The molecule has 0 aliphatic carbocycles. The fourth-order valence-electron chi connectivity index (χ4n) is 1.32. The van der Waals surface area contributed by atoms with Gasteiger partial charge in [0.2, 0.25) is 10.0 Å². The second-order valence-electron chi connectivity index (χ2n) is 3.62. The molecule has 0 aliphatic rings. The molecule has 0 atom stereocenters. The molecule has 0 radical (unpaired) electrons. The summed E-state index contributed by atoms with van der Waals surface area (Å²) in [5, 5.41) is 4.83. The molecule has 5 nitrogen and oxygen atoms in total. The highest BCUT2D eigenvalue weighted by Crippen LogP contribution is 2.18. The van der Waals surface area contributed by atoms with E-state index in [1.807, 2.05) is 13.8 Å². The monoisotopic (exact) mass is 292 g/mol. The second kappa shape index (κ2) is 7.85. The third kappa shape index (κ3) is 5.03. The van der Waals surface area contributed by atoms with E-state index >= 15 is 0 Å². The Kier molecular flexibility index (Phi) is 6.80. The van der Waals surface area contributed by atoms with Crippen LogP contribution in [0.3, 0.4) is 0 Å². The molecule has 0 unspecified atom stereocenters. The highest BCUT2D eigenvalue weighted by molar-refractivity contribution is 7.89. The lowest BCUT2D eigenvalue weighted by atomic mass is 10.4. The van der Waals surface area contributed by atoms with Crippen LogP contribution in [0.2, 0.25) is 0 Å². The Balaban J connectivity index is 2.53. The molecular formula is C11H20N2O3S2. The maximum atomic E-state index is 11.9. The van der Waals surface area contributed by atoms with Gasteiger partial charge in [0.1, 0.15) is 0 Å². The SMILES string of the molecule is CCNCc1cc(S(=O)(=O)NCCOCC)cs1. The van der Waals surface area contributed by atoms with Crippen molar-refractivity contribution in [2.45, 2.75) is 25.3 Å². The van der Waals surface area contributed by atoms with Crippen molar-refractivity contribution in [1.82, 2.24) is 10.0 Å². The van der Waals surface area contributed by atoms with Crippen molar-refractivity contribution < 1.29 is 13.2 Å². The molecule has 0 bridgehead atoms. The number of nitrogens with one attached hydrogen (secondary N) is 2. The van der Waals surface area contributed by atoms with E-state index < -0.39 is 10.0 Å². The summed E-state index contributed by atoms with van der Waals surface area (Å²) in [7, 11) is -3.39. The lowest BCUT2D eigenvalue weighted by Crippen LogP contribution is -2.27. The quantitative estimate of drug-likeness (QED) is 0.671. The van der Waals surface area contributed by atoms with Crippen molar-refractivity contribution in [3.05, 3.63) is 16.3 Å². The van der Waals surface area contributed by atoms with E-state index in [2.05, 4.69) is 10.0 Å². The summed E-state index contributed by atoms with van der Waals surface area (Å²) >= 11 is 1.45. The Morgan fingerprint density at radius 3 is 2.83 bits per heavy atom. The maximum absolute atomic E-state index is 11.9. The fourth-order valence-corrected chi connectivity index (χ4v) is 3.58. The molecular weight excluding hydrogens is 272 g/mol. The van der Waals surface area contributed by atoms with Crippen molar-refractivity contribution >= 4 is 21.4 Å². The Bertz CT molecular complexity index is 443. The van der Waals surface area contributed by atoms with Crippen molar-refractivity contribution in [1.29, 1.82) is 0 Å². The van der Waals surface area contributed by atoms with E-state index in [9.17, 15) is 8.42 Å². The summed E-state index contributed by atoms with van der Waals surface area (Å²) < 4.78 is 31.4. The lowest BCUT2D eigenvalue weighted by Gasteiger charge is -2.04. The molecule has 1 heterocycles. The number of hydrogen-bond donors (Lipinski definition) is 2. The van der Waals surface area contributed by atoms with Crippen molar-refractivity contribution in [2.75, 3.05) is 26.3 Å². The summed E-state index contributed by atoms with van der Waals surface area (Å²) in [6.45, 7) is 6.74. The lowest BCUT2D eigenvalue weighted by molar-refractivity contribution is 0.153. The molecule has 1 rings (SSSR count). The molecule has 0 aromatic carbocycles. The van der Waals surface area contributed by atoms with Crippen LogP contribution in [-0.2, 0) is 21.3 Å². The van der Waals surface area contributed by atoms with Crippen molar-refractivity contribution in [2.24, 2.45) is 0 Å². The number of thiophene rings is 1. The van der Waals surface area contributed by atoms with Crippen molar-refractivity contribution in [3.8, 4) is 0 Å². The molecule has 104 valence electrons. The van der Waals surface area contributed by atoms with Gasteiger partial charge in [0.15, 0.2) is 0 Å². The summed E-state index contributed by atoms with van der Waals surface area (Å²) in [5.41, 5.74) is 0. The summed E-state index contributed by atoms with van der Waals surface area (Å²) in [5.74, 6) is 0. The Morgan fingerprint density at radius 2 is 2.17 bits per heavy atom. The average Bonchev–Trinajstić information content (AvgIpc) is 2.81. The van der Waals surface area contributed by atoms with Gasteiger partial charge in [0.25, 0.3) is 0 Å². The van der Waals surface area contributed by atoms with E-state index in [4.69, 9.17) is 4.74 Å². The number of sulfonamides is 1. The standard InChI is InChI=1S/C11H20N2O3S2/c1-3-12-8-10-7-11(9-17-10)18(14,15)13-5-6-16-4-2/h7,9,12-13H,3-6,8H2,1-2H3. The molecule has 0 saturated heterocycles. The molecule has 0 fully saturated rings. The normalized spacial score (nSPS) is 11.9. The van der Waals surface area contributed by atoms with Crippen LogP contribution >= 0.6 is 11.3 Å². The fraction of sp³-hybridized carbons (Fsp3) is 0.636. The first-order chi connectivity index (χ1) is 8.60. The van der Waals surface area contributed by atoms with Crippen molar-refractivity contribution in [3.63, 3.8) is 0 Å². The van der Waals surface area contributed by atoms with Gasteiger partial charge in [0.05, 0.1) is 11.5 Å². The number of hydrogen-bond acceptors (Lipinski definition) is 5. The molecule has 0 aliphatic heterocycles. The minimum absolute atomic E-state index is 0.300. The van der Waals surface area contributed by atoms with Crippen LogP contribution in [0.1, 0.15) is 18.7 Å². The van der Waals surface area contributed by atoms with Gasteiger partial charge < -0.3 is 10.1 Å². The molecule has 1 aromatic heterocycles. The first-order valence-electron chi connectivity index (χ1n) is 5.95. The smallest absolute Gasteiger partial charge is 0.241 e. The highest BCUT2D eigenvalue weighted by Gasteiger charge is 2.15. The van der Waals surface area contributed by atoms with E-state index in [1.165, 1.54) is 11.3 Å². The molecule has 0 spiro atoms. The van der Waals surface area contributed by atoms with Gasteiger partial charge in [-0.25, -0.2) is 13.1 Å². The first kappa shape index (κ1) is 15.6. The zero-order valence-electron chi connectivity index (χ0n) is 10.7. The molecule has 7 heteroatoms. The van der Waals surface area contributed by atoms with Crippen LogP contribution < -0.4 is 10.0 Å². The van der Waals surface area contributed by atoms with E-state index in [1.54, 1.807) is 11.4 Å². The third-order valence-electron chi connectivity index (χ3n) is 2.23. The van der Waals surface area contributed by atoms with Gasteiger partial charge in [-0.3, -0.25) is 0 Å². The zero-order valence-corrected chi connectivity index (χ0v) is 12.4. The van der Waals surface area contributed by atoms with E-state index in [0.717, 1.165) is 11.4 Å². The van der Waals surface area contributed by atoms with Crippen LogP contribution in [0.5, 0.6) is 0 Å². The molecule has 0 amide bonds. The van der Waals surface area contributed by atoms with Crippen LogP contribution in [0.25, 0.3) is 0 Å². The Labute approximate surface area is 113 Å². The Morgan fingerprint density at radius 1 is 1.39 bits per heavy atom. The van der Waals surface area contributed by atoms with Crippen LogP contribution in [0.15, 0.2) is 16.3 Å². The molecule has 2 N–H and O–H groups in total. The second-order valence-corrected chi connectivity index (χ2v) is 6.39. The van der Waals surface area contributed by atoms with Gasteiger partial charge in [-0.05, 0) is 19.5 Å². The van der Waals surface area contributed by atoms with Gasteiger partial charge >= 0.3 is 0 Å². The predicted molar refractivity (Wildman–Crippen MR) is 73.4 cm³/mol. The summed E-state index contributed by atoms with van der Waals surface area (Å²) in [6.07, 6.45) is 0. The molecule has 0 saturated carbocycles. The van der Waals surface area contributed by atoms with Gasteiger partial charge in [-0.1, -0.05) is 6.92 Å². The molecule has 18 heavy (non-hydrogen) atoms. The summed E-state index contributed by atoms with van der Waals surface area (Å²) in [4.78, 5) is 1.35. The topological polar surface area (TPSA) is 67.4 Å². The Hall–Kier alpha value is -0.470. The van der Waals surface area contributed by atoms with Gasteiger partial charge in [0, 0.05) is 30.0 Å².